The van der Waals surface area contributed by atoms with Crippen LogP contribution in [0.4, 0.5) is 0 Å². The molecule has 0 radical (unpaired) electrons. The molecule has 1 atom stereocenters. The minimum atomic E-state index is 0.168. The second-order valence-electron chi connectivity index (χ2n) is 5.75. The molecule has 0 aromatic carbocycles. The van der Waals surface area contributed by atoms with Crippen LogP contribution in [0, 0.1) is 0 Å². The maximum absolute atomic E-state index is 12.6. The second kappa shape index (κ2) is 6.86. The van der Waals surface area contributed by atoms with Crippen LogP contribution >= 0.6 is 22.7 Å². The maximum atomic E-state index is 12.6. The molecule has 0 bridgehead atoms. The van der Waals surface area contributed by atoms with Gasteiger partial charge in [-0.15, -0.1) is 22.7 Å². The first-order valence-electron chi connectivity index (χ1n) is 8.00. The van der Waals surface area contributed by atoms with Crippen LogP contribution in [0.5, 0.6) is 0 Å². The van der Waals surface area contributed by atoms with Crippen molar-refractivity contribution in [2.75, 3.05) is 6.54 Å². The fourth-order valence-corrected chi connectivity index (χ4v) is 4.58. The van der Waals surface area contributed by atoms with E-state index < -0.39 is 0 Å². The van der Waals surface area contributed by atoms with Gasteiger partial charge in [0.15, 0.2) is 0 Å². The van der Waals surface area contributed by atoms with Crippen LogP contribution in [0.2, 0.25) is 0 Å². The van der Waals surface area contributed by atoms with Crippen molar-refractivity contribution in [2.45, 2.75) is 31.7 Å². The highest BCUT2D eigenvalue weighted by Crippen LogP contribution is 2.35. The summed E-state index contributed by atoms with van der Waals surface area (Å²) in [4.78, 5) is 21.2. The van der Waals surface area contributed by atoms with Gasteiger partial charge in [-0.05, 0) is 35.7 Å². The van der Waals surface area contributed by atoms with E-state index in [4.69, 9.17) is 4.52 Å². The third-order valence-corrected chi connectivity index (χ3v) is 6.05. The summed E-state index contributed by atoms with van der Waals surface area (Å²) in [6, 6.07) is 8.32. The van der Waals surface area contributed by atoms with Crippen LogP contribution in [0.15, 0.2) is 39.5 Å². The Hall–Kier alpha value is -1.99. The van der Waals surface area contributed by atoms with E-state index in [-0.39, 0.29) is 11.9 Å². The normalized spacial score (nSPS) is 17.5. The largest absolute Gasteiger partial charge is 0.339 e. The van der Waals surface area contributed by atoms with Crippen LogP contribution in [0.3, 0.4) is 0 Å². The standard InChI is InChI=1S/C17H17N3O2S2/c21-16(20-9-1-4-12(20)13-5-2-10-23-13)8-7-15-18-17(19-22-15)14-6-3-11-24-14/h2-3,5-6,10-12H,1,4,7-9H2. The minimum Gasteiger partial charge on any atom is -0.339 e. The molecule has 4 rings (SSSR count). The van der Waals surface area contributed by atoms with E-state index in [1.807, 2.05) is 28.5 Å². The first kappa shape index (κ1) is 15.5. The zero-order valence-electron chi connectivity index (χ0n) is 13.1. The topological polar surface area (TPSA) is 59.2 Å². The van der Waals surface area contributed by atoms with Crippen molar-refractivity contribution in [1.29, 1.82) is 0 Å². The molecule has 5 nitrogen and oxygen atoms in total. The number of nitrogens with zero attached hydrogens (tertiary/aromatic N) is 3. The van der Waals surface area contributed by atoms with Crippen molar-refractivity contribution in [3.8, 4) is 10.7 Å². The monoisotopic (exact) mass is 359 g/mol. The summed E-state index contributed by atoms with van der Waals surface area (Å²) in [5.41, 5.74) is 0. The predicted octanol–water partition coefficient (Wildman–Crippen LogP) is 4.16. The fourth-order valence-electron chi connectivity index (χ4n) is 3.06. The summed E-state index contributed by atoms with van der Waals surface area (Å²) < 4.78 is 5.28. The number of carbonyl (C=O) groups is 1. The number of rotatable bonds is 5. The van der Waals surface area contributed by atoms with Gasteiger partial charge in [0.1, 0.15) is 0 Å². The van der Waals surface area contributed by atoms with Gasteiger partial charge in [0.05, 0.1) is 10.9 Å². The van der Waals surface area contributed by atoms with E-state index in [1.165, 1.54) is 4.88 Å². The molecule has 24 heavy (non-hydrogen) atoms. The fraction of sp³-hybridized carbons (Fsp3) is 0.353. The van der Waals surface area contributed by atoms with Gasteiger partial charge in [-0.3, -0.25) is 4.79 Å². The molecule has 1 unspecified atom stereocenters. The highest BCUT2D eigenvalue weighted by atomic mass is 32.1. The lowest BCUT2D eigenvalue weighted by Gasteiger charge is -2.23. The molecule has 1 amide bonds. The van der Waals surface area contributed by atoms with E-state index in [1.54, 1.807) is 22.7 Å². The Kier molecular flexibility index (Phi) is 4.44. The Labute approximate surface area is 147 Å². The van der Waals surface area contributed by atoms with Crippen molar-refractivity contribution in [1.82, 2.24) is 15.0 Å². The summed E-state index contributed by atoms with van der Waals surface area (Å²) in [6.45, 7) is 0.839. The molecule has 4 heterocycles. The van der Waals surface area contributed by atoms with Gasteiger partial charge < -0.3 is 9.42 Å². The van der Waals surface area contributed by atoms with Gasteiger partial charge in [-0.1, -0.05) is 17.3 Å². The predicted molar refractivity (Wildman–Crippen MR) is 93.9 cm³/mol. The zero-order chi connectivity index (χ0) is 16.4. The van der Waals surface area contributed by atoms with Crippen LogP contribution < -0.4 is 0 Å². The van der Waals surface area contributed by atoms with Crippen LogP contribution in [0.1, 0.15) is 36.1 Å². The van der Waals surface area contributed by atoms with E-state index in [9.17, 15) is 4.79 Å². The summed E-state index contributed by atoms with van der Waals surface area (Å²) >= 11 is 3.30. The van der Waals surface area contributed by atoms with Gasteiger partial charge in [0, 0.05) is 24.3 Å². The Morgan fingerprint density at radius 3 is 2.96 bits per heavy atom. The molecule has 7 heteroatoms. The third-order valence-electron chi connectivity index (χ3n) is 4.21. The minimum absolute atomic E-state index is 0.168. The summed E-state index contributed by atoms with van der Waals surface area (Å²) in [7, 11) is 0. The van der Waals surface area contributed by atoms with Crippen molar-refractivity contribution < 1.29 is 9.32 Å². The molecule has 0 spiro atoms. The SMILES string of the molecule is O=C(CCc1nc(-c2cccs2)no1)N1CCCC1c1cccs1. The highest BCUT2D eigenvalue weighted by molar-refractivity contribution is 7.13. The molecule has 1 saturated heterocycles. The maximum Gasteiger partial charge on any atom is 0.227 e. The molecular formula is C17H17N3O2S2. The smallest absolute Gasteiger partial charge is 0.227 e. The summed E-state index contributed by atoms with van der Waals surface area (Å²) in [5, 5.41) is 8.04. The Balaban J connectivity index is 1.38. The van der Waals surface area contributed by atoms with Crippen LogP contribution in [-0.4, -0.2) is 27.5 Å². The zero-order valence-corrected chi connectivity index (χ0v) is 14.7. The van der Waals surface area contributed by atoms with Crippen molar-refractivity contribution in [3.05, 3.63) is 45.8 Å². The lowest BCUT2D eigenvalue weighted by molar-refractivity contribution is -0.132. The van der Waals surface area contributed by atoms with Crippen LogP contribution in [-0.2, 0) is 11.2 Å². The number of aryl methyl sites for hydroxylation is 1. The number of hydrogen-bond acceptors (Lipinski definition) is 6. The molecule has 1 aliphatic rings. The lowest BCUT2D eigenvalue weighted by atomic mass is 10.1. The average Bonchev–Trinajstić information content (AvgIpc) is 3.40. The van der Waals surface area contributed by atoms with Gasteiger partial charge >= 0.3 is 0 Å². The molecule has 3 aromatic heterocycles. The van der Waals surface area contributed by atoms with Crippen molar-refractivity contribution in [2.24, 2.45) is 0 Å². The Morgan fingerprint density at radius 1 is 1.29 bits per heavy atom. The molecule has 0 aliphatic carbocycles. The third kappa shape index (κ3) is 3.14. The van der Waals surface area contributed by atoms with Gasteiger partial charge in [0.2, 0.25) is 17.6 Å². The first-order valence-corrected chi connectivity index (χ1v) is 9.76. The molecule has 124 valence electrons. The number of likely N-dealkylation sites (tertiary alicyclic amines) is 1. The van der Waals surface area contributed by atoms with E-state index >= 15 is 0 Å². The molecule has 0 saturated carbocycles. The quantitative estimate of drug-likeness (QED) is 0.686. The summed E-state index contributed by atoms with van der Waals surface area (Å²) in [5.74, 6) is 1.30. The number of thiophene rings is 2. The Bertz CT molecular complexity index is 796. The van der Waals surface area contributed by atoms with Crippen LogP contribution in [0.25, 0.3) is 10.7 Å². The van der Waals surface area contributed by atoms with E-state index in [2.05, 4.69) is 21.6 Å². The first-order chi connectivity index (χ1) is 11.8. The summed E-state index contributed by atoms with van der Waals surface area (Å²) in [6.07, 6.45) is 3.02. The number of amides is 1. The molecular weight excluding hydrogens is 342 g/mol. The molecule has 0 N–H and O–H groups in total. The van der Waals surface area contributed by atoms with Gasteiger partial charge in [0.25, 0.3) is 0 Å². The average molecular weight is 359 g/mol. The molecule has 3 aromatic rings. The molecule has 1 aliphatic heterocycles. The van der Waals surface area contributed by atoms with Crippen molar-refractivity contribution in [3.63, 3.8) is 0 Å². The number of aromatic nitrogens is 2. The van der Waals surface area contributed by atoms with Gasteiger partial charge in [-0.2, -0.15) is 4.98 Å². The number of carbonyl (C=O) groups excluding carboxylic acids is 1. The van der Waals surface area contributed by atoms with E-state index in [0.717, 1.165) is 24.3 Å². The van der Waals surface area contributed by atoms with Gasteiger partial charge in [-0.25, -0.2) is 0 Å². The number of hydrogen-bond donors (Lipinski definition) is 0. The lowest BCUT2D eigenvalue weighted by Crippen LogP contribution is -2.30. The second-order valence-corrected chi connectivity index (χ2v) is 7.68. The molecule has 1 fully saturated rings. The van der Waals surface area contributed by atoms with Crippen molar-refractivity contribution >= 4 is 28.6 Å². The highest BCUT2D eigenvalue weighted by Gasteiger charge is 2.30. The Morgan fingerprint density at radius 2 is 2.17 bits per heavy atom. The van der Waals surface area contributed by atoms with E-state index in [0.29, 0.717) is 24.6 Å².